The van der Waals surface area contributed by atoms with Crippen LogP contribution in [0.25, 0.3) is 10.9 Å². The lowest BCUT2D eigenvalue weighted by Gasteiger charge is -2.28. The number of aromatic amines is 1. The van der Waals surface area contributed by atoms with Gasteiger partial charge in [0.25, 0.3) is 0 Å². The minimum atomic E-state index is -0.822. The van der Waals surface area contributed by atoms with Crippen LogP contribution in [-0.4, -0.2) is 48.7 Å². The Morgan fingerprint density at radius 3 is 2.69 bits per heavy atom. The van der Waals surface area contributed by atoms with Gasteiger partial charge in [-0.2, -0.15) is 0 Å². The van der Waals surface area contributed by atoms with Gasteiger partial charge in [0.05, 0.1) is 29.3 Å². The minimum Gasteiger partial charge on any atom is -0.453 e. The number of fused-ring (bicyclic) bond motifs is 2. The first-order valence-electron chi connectivity index (χ1n) is 13.5. The molecule has 1 unspecified atom stereocenters. The molecule has 2 atom stereocenters. The lowest BCUT2D eigenvalue weighted by atomic mass is 9.94. The van der Waals surface area contributed by atoms with E-state index in [0.29, 0.717) is 37.2 Å². The van der Waals surface area contributed by atoms with Gasteiger partial charge in [-0.15, -0.1) is 0 Å². The molecule has 1 aliphatic heterocycles. The SMILES string of the molecule is COC(=O)Nc1ccc2[nH]c(C(Cc3ccccc3)C(=O)N(C)CCC[C@H]3OC(=O)Nc4ccc(Cl)c(F)c43)cc2c1. The molecule has 0 aliphatic carbocycles. The number of amides is 3. The number of hydrogen-bond acceptors (Lipinski definition) is 5. The van der Waals surface area contributed by atoms with Gasteiger partial charge in [-0.3, -0.25) is 15.4 Å². The largest absolute Gasteiger partial charge is 0.453 e. The Morgan fingerprint density at radius 2 is 1.93 bits per heavy atom. The predicted octanol–water partition coefficient (Wildman–Crippen LogP) is 7.01. The Morgan fingerprint density at radius 1 is 1.14 bits per heavy atom. The summed E-state index contributed by atoms with van der Waals surface area (Å²) in [5.74, 6) is -1.25. The molecule has 2 heterocycles. The van der Waals surface area contributed by atoms with E-state index >= 15 is 0 Å². The van der Waals surface area contributed by atoms with Crippen molar-refractivity contribution < 1.29 is 28.2 Å². The van der Waals surface area contributed by atoms with Crippen molar-refractivity contribution in [3.63, 3.8) is 0 Å². The Bertz CT molecular complexity index is 1630. The fourth-order valence-corrected chi connectivity index (χ4v) is 5.35. The van der Waals surface area contributed by atoms with Gasteiger partial charge < -0.3 is 19.4 Å². The molecule has 4 aromatic rings. The van der Waals surface area contributed by atoms with Gasteiger partial charge in [0.1, 0.15) is 6.10 Å². The van der Waals surface area contributed by atoms with Crippen LogP contribution in [0.1, 0.15) is 41.7 Å². The van der Waals surface area contributed by atoms with E-state index in [9.17, 15) is 18.8 Å². The zero-order valence-corrected chi connectivity index (χ0v) is 23.8. The number of H-pyrrole nitrogens is 1. The van der Waals surface area contributed by atoms with Crippen molar-refractivity contribution in [3.05, 3.63) is 94.4 Å². The fraction of sp³-hybridized carbons (Fsp3) is 0.258. The predicted molar refractivity (Wildman–Crippen MR) is 158 cm³/mol. The van der Waals surface area contributed by atoms with E-state index in [1.807, 2.05) is 48.5 Å². The number of hydrogen-bond donors (Lipinski definition) is 3. The number of cyclic esters (lactones) is 1. The summed E-state index contributed by atoms with van der Waals surface area (Å²) in [7, 11) is 3.02. The number of anilines is 2. The summed E-state index contributed by atoms with van der Waals surface area (Å²) in [5, 5.41) is 5.93. The molecule has 1 aromatic heterocycles. The number of benzene rings is 3. The fourth-order valence-electron chi connectivity index (χ4n) is 5.18. The van der Waals surface area contributed by atoms with Crippen molar-refractivity contribution in [2.75, 3.05) is 31.3 Å². The van der Waals surface area contributed by atoms with E-state index < -0.39 is 30.0 Å². The second-order valence-electron chi connectivity index (χ2n) is 10.1. The average Bonchev–Trinajstić information content (AvgIpc) is 3.40. The maximum Gasteiger partial charge on any atom is 0.412 e. The van der Waals surface area contributed by atoms with Crippen molar-refractivity contribution in [2.24, 2.45) is 0 Å². The average molecular weight is 593 g/mol. The molecule has 0 bridgehead atoms. The van der Waals surface area contributed by atoms with E-state index in [1.54, 1.807) is 24.1 Å². The molecule has 11 heteroatoms. The molecule has 0 saturated heterocycles. The summed E-state index contributed by atoms with van der Waals surface area (Å²) in [4.78, 5) is 42.6. The van der Waals surface area contributed by atoms with Crippen LogP contribution < -0.4 is 10.6 Å². The Kier molecular flexibility index (Phi) is 8.63. The van der Waals surface area contributed by atoms with Gasteiger partial charge in [-0.05, 0) is 61.2 Å². The van der Waals surface area contributed by atoms with Crippen LogP contribution >= 0.6 is 11.6 Å². The van der Waals surface area contributed by atoms with Gasteiger partial charge in [0.2, 0.25) is 5.91 Å². The van der Waals surface area contributed by atoms with Crippen molar-refractivity contribution in [1.82, 2.24) is 9.88 Å². The number of nitrogens with one attached hydrogen (secondary N) is 3. The summed E-state index contributed by atoms with van der Waals surface area (Å²) in [6.07, 6.45) is -0.826. The normalized spacial score (nSPS) is 14.9. The van der Waals surface area contributed by atoms with Crippen LogP contribution in [0.3, 0.4) is 0 Å². The topological polar surface area (TPSA) is 113 Å². The van der Waals surface area contributed by atoms with Gasteiger partial charge in [-0.25, -0.2) is 14.0 Å². The maximum atomic E-state index is 14.8. The first-order chi connectivity index (χ1) is 20.2. The number of halogens is 2. The van der Waals surface area contributed by atoms with Gasteiger partial charge in [0, 0.05) is 35.9 Å². The minimum absolute atomic E-state index is 0.0546. The molecule has 0 radical (unpaired) electrons. The summed E-state index contributed by atoms with van der Waals surface area (Å²) in [6.45, 7) is 0.358. The van der Waals surface area contributed by atoms with E-state index in [4.69, 9.17) is 16.3 Å². The molecule has 9 nitrogen and oxygen atoms in total. The maximum absolute atomic E-state index is 14.8. The molecule has 0 spiro atoms. The number of carbonyl (C=O) groups excluding carboxylic acids is 3. The second-order valence-corrected chi connectivity index (χ2v) is 10.5. The molecule has 1 aliphatic rings. The van der Waals surface area contributed by atoms with Crippen LogP contribution in [-0.2, 0) is 20.7 Å². The smallest absolute Gasteiger partial charge is 0.412 e. The van der Waals surface area contributed by atoms with Gasteiger partial charge >= 0.3 is 12.2 Å². The number of rotatable bonds is 9. The molecular weight excluding hydrogens is 563 g/mol. The number of ether oxygens (including phenoxy) is 2. The molecule has 5 rings (SSSR count). The highest BCUT2D eigenvalue weighted by atomic mass is 35.5. The molecule has 0 saturated carbocycles. The van der Waals surface area contributed by atoms with Crippen LogP contribution in [0, 0.1) is 5.82 Å². The highest BCUT2D eigenvalue weighted by molar-refractivity contribution is 6.31. The van der Waals surface area contributed by atoms with Crippen LogP contribution in [0.2, 0.25) is 5.02 Å². The number of nitrogens with zero attached hydrogens (tertiary/aromatic N) is 1. The first-order valence-corrected chi connectivity index (χ1v) is 13.8. The molecular formula is C31H30ClFN4O5. The summed E-state index contributed by atoms with van der Waals surface area (Å²) in [5.41, 5.74) is 3.66. The Hall–Kier alpha value is -4.57. The first kappa shape index (κ1) is 28.9. The standard InChI is InChI=1S/C31H30ClFN4O5/c1-37(14-6-9-26-27-24(36-31(40)42-26)13-11-22(32)28(27)33)29(38)21(15-18-7-4-3-5-8-18)25-17-19-16-20(34-30(39)41-2)10-12-23(19)35-25/h3-5,7-8,10-13,16-17,21,26,35H,6,9,14-15H2,1-2H3,(H,34,39)(H,36,40)/t21?,26-/m1/s1. The highest BCUT2D eigenvalue weighted by Gasteiger charge is 2.31. The zero-order chi connectivity index (χ0) is 29.8. The summed E-state index contributed by atoms with van der Waals surface area (Å²) in [6, 6.07) is 20.0. The quantitative estimate of drug-likeness (QED) is 0.194. The summed E-state index contributed by atoms with van der Waals surface area (Å²) < 4.78 is 24.9. The number of likely N-dealkylation sites (N-methyl/N-ethyl adjacent to an activating group) is 1. The molecule has 3 N–H and O–H groups in total. The van der Waals surface area contributed by atoms with Crippen LogP contribution in [0.15, 0.2) is 66.7 Å². The molecule has 42 heavy (non-hydrogen) atoms. The third-order valence-corrected chi connectivity index (χ3v) is 7.60. The van der Waals surface area contributed by atoms with E-state index in [0.717, 1.165) is 22.2 Å². The van der Waals surface area contributed by atoms with Crippen molar-refractivity contribution in [1.29, 1.82) is 0 Å². The Labute approximate surface area is 246 Å². The van der Waals surface area contributed by atoms with E-state index in [2.05, 4.69) is 20.4 Å². The monoisotopic (exact) mass is 592 g/mol. The number of aromatic nitrogens is 1. The number of carbonyl (C=O) groups is 3. The van der Waals surface area contributed by atoms with Crippen LogP contribution in [0.4, 0.5) is 25.4 Å². The summed E-state index contributed by atoms with van der Waals surface area (Å²) >= 11 is 5.98. The lowest BCUT2D eigenvalue weighted by molar-refractivity contribution is -0.131. The molecule has 3 amide bonds. The molecule has 0 fully saturated rings. The number of methoxy groups -OCH3 is 1. The van der Waals surface area contributed by atoms with Crippen molar-refractivity contribution in [2.45, 2.75) is 31.3 Å². The highest BCUT2D eigenvalue weighted by Crippen LogP contribution is 2.38. The van der Waals surface area contributed by atoms with Gasteiger partial charge in [-0.1, -0.05) is 41.9 Å². The van der Waals surface area contributed by atoms with Crippen molar-refractivity contribution in [3.8, 4) is 0 Å². The van der Waals surface area contributed by atoms with E-state index in [1.165, 1.54) is 13.2 Å². The molecule has 3 aromatic carbocycles. The zero-order valence-electron chi connectivity index (χ0n) is 23.1. The Balaban J connectivity index is 1.33. The van der Waals surface area contributed by atoms with Crippen molar-refractivity contribution >= 4 is 52.0 Å². The van der Waals surface area contributed by atoms with Crippen LogP contribution in [0.5, 0.6) is 0 Å². The van der Waals surface area contributed by atoms with E-state index in [-0.39, 0.29) is 16.5 Å². The molecule has 218 valence electrons. The van der Waals surface area contributed by atoms with Gasteiger partial charge in [0.15, 0.2) is 5.82 Å². The third kappa shape index (κ3) is 6.33. The second kappa shape index (κ2) is 12.5. The lowest BCUT2D eigenvalue weighted by Crippen LogP contribution is -2.34. The third-order valence-electron chi connectivity index (χ3n) is 7.31.